The Labute approximate surface area is 209 Å². The molecule has 8 heteroatoms. The van der Waals surface area contributed by atoms with Crippen molar-refractivity contribution in [2.75, 3.05) is 19.6 Å². The maximum absolute atomic E-state index is 13.0. The van der Waals surface area contributed by atoms with E-state index in [0.717, 1.165) is 11.1 Å². The number of ether oxygens (including phenoxy) is 1. The van der Waals surface area contributed by atoms with Crippen LogP contribution in [-0.2, 0) is 4.79 Å². The molecule has 0 N–H and O–H groups in total. The highest BCUT2D eigenvalue weighted by Gasteiger charge is 2.44. The molecule has 3 heterocycles. The number of likely N-dealkylation sites (tertiary alicyclic amines) is 1. The van der Waals surface area contributed by atoms with Crippen molar-refractivity contribution in [1.82, 2.24) is 9.80 Å². The topological polar surface area (TPSA) is 84.0 Å². The number of hydrogen-bond acceptors (Lipinski definition) is 5. The predicted molar refractivity (Wildman–Crippen MR) is 130 cm³/mol. The molecule has 0 radical (unpaired) electrons. The summed E-state index contributed by atoms with van der Waals surface area (Å²) < 4.78 is 6.38. The minimum atomic E-state index is -0.603. The van der Waals surface area contributed by atoms with Crippen LogP contribution in [0.25, 0.3) is 0 Å². The van der Waals surface area contributed by atoms with Crippen molar-refractivity contribution in [2.45, 2.75) is 51.6 Å². The molecule has 0 unspecified atom stereocenters. The molecule has 0 bridgehead atoms. The van der Waals surface area contributed by atoms with Gasteiger partial charge in [0.15, 0.2) is 5.78 Å². The lowest BCUT2D eigenvalue weighted by atomic mass is 9.81. The summed E-state index contributed by atoms with van der Waals surface area (Å²) >= 11 is 6.34. The summed E-state index contributed by atoms with van der Waals surface area (Å²) in [6, 6.07) is 8.61. The highest BCUT2D eigenvalue weighted by Crippen LogP contribution is 2.43. The summed E-state index contributed by atoms with van der Waals surface area (Å²) in [7, 11) is 0. The summed E-state index contributed by atoms with van der Waals surface area (Å²) in [6.45, 7) is 4.95. The van der Waals surface area contributed by atoms with Crippen LogP contribution >= 0.6 is 11.6 Å². The standard InChI is InChI=1S/C27H27ClN2O5/c1-16-14-21-23(17(2)24(16)28)20(31)15-27(35-21)9-12-29(13-10-27)22(32)8-5-11-30-25(33)18-6-3-4-7-19(18)26(30)34/h3-4,6-7,14H,5,8-13,15H2,1-2H3. The number of amides is 3. The van der Waals surface area contributed by atoms with Gasteiger partial charge in [-0.3, -0.25) is 24.1 Å². The quantitative estimate of drug-likeness (QED) is 0.590. The maximum Gasteiger partial charge on any atom is 0.261 e. The van der Waals surface area contributed by atoms with Gasteiger partial charge < -0.3 is 9.64 Å². The van der Waals surface area contributed by atoms with Crippen LogP contribution < -0.4 is 4.74 Å². The molecule has 5 rings (SSSR count). The lowest BCUT2D eigenvalue weighted by Crippen LogP contribution is -2.52. The summed E-state index contributed by atoms with van der Waals surface area (Å²) in [5, 5.41) is 0.596. The molecule has 3 aliphatic rings. The third-order valence-electron chi connectivity index (χ3n) is 7.41. The Morgan fingerprint density at radius 2 is 1.69 bits per heavy atom. The van der Waals surface area contributed by atoms with E-state index in [9.17, 15) is 19.2 Å². The minimum absolute atomic E-state index is 0.0162. The van der Waals surface area contributed by atoms with E-state index >= 15 is 0 Å². The van der Waals surface area contributed by atoms with E-state index in [2.05, 4.69) is 0 Å². The number of rotatable bonds is 4. The van der Waals surface area contributed by atoms with Crippen LogP contribution in [0, 0.1) is 13.8 Å². The van der Waals surface area contributed by atoms with Crippen molar-refractivity contribution in [3.8, 4) is 5.75 Å². The first-order valence-electron chi connectivity index (χ1n) is 12.0. The molecule has 3 aliphatic heterocycles. The molecule has 0 atom stereocenters. The molecule has 0 saturated carbocycles. The fourth-order valence-electron chi connectivity index (χ4n) is 5.43. The molecular formula is C27H27ClN2O5. The first-order chi connectivity index (χ1) is 16.7. The summed E-state index contributed by atoms with van der Waals surface area (Å²) in [4.78, 5) is 53.8. The molecule has 1 spiro atoms. The number of carbonyl (C=O) groups is 4. The Morgan fingerprint density at radius 3 is 2.31 bits per heavy atom. The molecule has 182 valence electrons. The lowest BCUT2D eigenvalue weighted by Gasteiger charge is -2.44. The minimum Gasteiger partial charge on any atom is -0.486 e. The van der Waals surface area contributed by atoms with Gasteiger partial charge in [-0.2, -0.15) is 0 Å². The predicted octanol–water partition coefficient (Wildman–Crippen LogP) is 4.36. The molecule has 1 saturated heterocycles. The van der Waals surface area contributed by atoms with Gasteiger partial charge in [0.1, 0.15) is 11.4 Å². The van der Waals surface area contributed by atoms with Gasteiger partial charge in [-0.25, -0.2) is 0 Å². The number of halogens is 1. The summed E-state index contributed by atoms with van der Waals surface area (Å²) in [5.74, 6) is -0.00144. The van der Waals surface area contributed by atoms with Crippen LogP contribution in [0.15, 0.2) is 30.3 Å². The van der Waals surface area contributed by atoms with Crippen LogP contribution in [0.5, 0.6) is 5.75 Å². The van der Waals surface area contributed by atoms with Crippen molar-refractivity contribution >= 4 is 35.1 Å². The smallest absolute Gasteiger partial charge is 0.261 e. The van der Waals surface area contributed by atoms with Gasteiger partial charge in [-0.05, 0) is 49.6 Å². The number of Topliss-reactive ketones (excluding diaryl/α,β-unsaturated/α-hetero) is 1. The van der Waals surface area contributed by atoms with Gasteiger partial charge in [0, 0.05) is 43.9 Å². The van der Waals surface area contributed by atoms with Crippen LogP contribution in [-0.4, -0.2) is 58.5 Å². The van der Waals surface area contributed by atoms with Gasteiger partial charge in [-0.1, -0.05) is 23.7 Å². The Balaban J connectivity index is 1.16. The number of fused-ring (bicyclic) bond motifs is 2. The number of aryl methyl sites for hydroxylation is 1. The SMILES string of the molecule is Cc1cc2c(c(C)c1Cl)C(=O)CC1(CCN(C(=O)CCCN3C(=O)c4ccccc4C3=O)CC1)O2. The maximum atomic E-state index is 13.0. The number of hydrogen-bond donors (Lipinski definition) is 0. The Hall–Kier alpha value is -3.19. The first kappa shape index (κ1) is 23.5. The third-order valence-corrected chi connectivity index (χ3v) is 7.99. The van der Waals surface area contributed by atoms with Crippen molar-refractivity contribution in [2.24, 2.45) is 0 Å². The van der Waals surface area contributed by atoms with Crippen molar-refractivity contribution in [3.63, 3.8) is 0 Å². The zero-order chi connectivity index (χ0) is 24.9. The van der Waals surface area contributed by atoms with E-state index in [1.54, 1.807) is 29.2 Å². The van der Waals surface area contributed by atoms with Crippen LogP contribution in [0.3, 0.4) is 0 Å². The van der Waals surface area contributed by atoms with E-state index < -0.39 is 5.60 Å². The number of ketones is 1. The monoisotopic (exact) mass is 494 g/mol. The number of carbonyl (C=O) groups excluding carboxylic acids is 4. The fraction of sp³-hybridized carbons (Fsp3) is 0.407. The largest absolute Gasteiger partial charge is 0.486 e. The second-order valence-electron chi connectivity index (χ2n) is 9.68. The first-order valence-corrected chi connectivity index (χ1v) is 12.3. The fourth-order valence-corrected chi connectivity index (χ4v) is 5.58. The zero-order valence-electron chi connectivity index (χ0n) is 19.9. The van der Waals surface area contributed by atoms with E-state index in [1.165, 1.54) is 4.90 Å². The number of imide groups is 1. The molecule has 7 nitrogen and oxygen atoms in total. The second-order valence-corrected chi connectivity index (χ2v) is 10.1. The van der Waals surface area contributed by atoms with E-state index in [1.807, 2.05) is 19.9 Å². The number of piperidine rings is 1. The third kappa shape index (κ3) is 4.01. The highest BCUT2D eigenvalue weighted by molar-refractivity contribution is 6.32. The van der Waals surface area contributed by atoms with Crippen LogP contribution in [0.2, 0.25) is 5.02 Å². The molecule has 1 fully saturated rings. The molecule has 0 aliphatic carbocycles. The van der Waals surface area contributed by atoms with Gasteiger partial charge >= 0.3 is 0 Å². The van der Waals surface area contributed by atoms with Crippen LogP contribution in [0.1, 0.15) is 74.3 Å². The van der Waals surface area contributed by atoms with Crippen molar-refractivity contribution in [3.05, 3.63) is 63.2 Å². The Kier molecular flexibility index (Phi) is 5.91. The Morgan fingerprint density at radius 1 is 1.06 bits per heavy atom. The molecular weight excluding hydrogens is 468 g/mol. The van der Waals surface area contributed by atoms with Crippen LogP contribution in [0.4, 0.5) is 0 Å². The van der Waals surface area contributed by atoms with E-state index in [4.69, 9.17) is 16.3 Å². The van der Waals surface area contributed by atoms with Gasteiger partial charge in [0.25, 0.3) is 11.8 Å². The summed E-state index contributed by atoms with van der Waals surface area (Å²) in [6.07, 6.45) is 2.08. The molecule has 2 aromatic carbocycles. The van der Waals surface area contributed by atoms with Gasteiger partial charge in [0.05, 0.1) is 23.1 Å². The average Bonchev–Trinajstić information content (AvgIpc) is 3.07. The molecule has 3 amide bonds. The van der Waals surface area contributed by atoms with E-state index in [-0.39, 0.29) is 42.9 Å². The summed E-state index contributed by atoms with van der Waals surface area (Å²) in [5.41, 5.74) is 2.43. The van der Waals surface area contributed by atoms with Crippen molar-refractivity contribution in [1.29, 1.82) is 0 Å². The number of benzene rings is 2. The van der Waals surface area contributed by atoms with Gasteiger partial charge in [-0.15, -0.1) is 0 Å². The second kappa shape index (κ2) is 8.79. The van der Waals surface area contributed by atoms with E-state index in [0.29, 0.717) is 59.8 Å². The zero-order valence-corrected chi connectivity index (χ0v) is 20.6. The highest BCUT2D eigenvalue weighted by atomic mass is 35.5. The average molecular weight is 495 g/mol. The molecule has 0 aromatic heterocycles. The molecule has 35 heavy (non-hydrogen) atoms. The lowest BCUT2D eigenvalue weighted by molar-refractivity contribution is -0.134. The van der Waals surface area contributed by atoms with Gasteiger partial charge in [0.2, 0.25) is 5.91 Å². The normalized spacial score (nSPS) is 18.5. The Bertz CT molecular complexity index is 1230. The number of nitrogens with zero attached hydrogens (tertiary/aromatic N) is 2. The van der Waals surface area contributed by atoms with Crippen molar-refractivity contribution < 1.29 is 23.9 Å². The molecule has 2 aromatic rings.